The maximum atomic E-state index is 12.4. The van der Waals surface area contributed by atoms with Crippen molar-refractivity contribution in [2.45, 2.75) is 13.5 Å². The number of aromatic amines is 1. The highest BCUT2D eigenvalue weighted by molar-refractivity contribution is 6.06. The molecule has 0 aliphatic rings. The van der Waals surface area contributed by atoms with Crippen LogP contribution < -0.4 is 19.5 Å². The summed E-state index contributed by atoms with van der Waals surface area (Å²) in [7, 11) is 1.17. The van der Waals surface area contributed by atoms with E-state index < -0.39 is 28.8 Å². The highest BCUT2D eigenvalue weighted by atomic mass is 19.3. The average molecular weight is 372 g/mol. The molecule has 0 radical (unpaired) electrons. The van der Waals surface area contributed by atoms with E-state index in [9.17, 15) is 23.7 Å². The molecule has 1 aromatic heterocycles. The fraction of sp³-hybridized carbons (Fsp3) is 0.286. The number of nitrogens with one attached hydrogen (secondary N) is 2. The molecule has 0 unspecified atom stereocenters. The van der Waals surface area contributed by atoms with E-state index in [2.05, 4.69) is 20.3 Å². The number of nitro groups is 1. The van der Waals surface area contributed by atoms with Crippen LogP contribution in [0.15, 0.2) is 18.2 Å². The summed E-state index contributed by atoms with van der Waals surface area (Å²) in [6.07, 6.45) is 0. The fourth-order valence-corrected chi connectivity index (χ4v) is 2.03. The number of carbonyl (C=O) groups is 1. The van der Waals surface area contributed by atoms with Gasteiger partial charge in [-0.15, -0.1) is 5.10 Å². The van der Waals surface area contributed by atoms with Crippen LogP contribution in [0, 0.1) is 10.1 Å². The predicted molar refractivity (Wildman–Crippen MR) is 84.0 cm³/mol. The number of aromatic nitrogens is 2. The number of rotatable bonds is 8. The average Bonchev–Trinajstić information content (AvgIpc) is 3.01. The standard InChI is InChI=1S/C14H14F2N4O6/c1-3-25-9-6-7(4-5-8(9)26-14(15)16)17-12(21)10-11(20(22)23)13(24-2)19-18-10/h4-6,14H,3H2,1-2H3,(H,17,21)(H,18,19). The molecule has 0 saturated carbocycles. The zero-order chi connectivity index (χ0) is 19.3. The molecule has 2 rings (SSSR count). The van der Waals surface area contributed by atoms with Crippen molar-refractivity contribution in [3.8, 4) is 17.4 Å². The molecule has 12 heteroatoms. The van der Waals surface area contributed by atoms with Crippen molar-refractivity contribution in [3.05, 3.63) is 34.0 Å². The second-order valence-electron chi connectivity index (χ2n) is 4.64. The van der Waals surface area contributed by atoms with Crippen LogP contribution >= 0.6 is 0 Å². The van der Waals surface area contributed by atoms with Crippen molar-refractivity contribution >= 4 is 17.3 Å². The lowest BCUT2D eigenvalue weighted by Crippen LogP contribution is -2.14. The van der Waals surface area contributed by atoms with Crippen LogP contribution in [0.25, 0.3) is 0 Å². The third-order valence-corrected chi connectivity index (χ3v) is 3.03. The Morgan fingerprint density at radius 1 is 1.42 bits per heavy atom. The molecule has 26 heavy (non-hydrogen) atoms. The molecule has 1 amide bonds. The summed E-state index contributed by atoms with van der Waals surface area (Å²) >= 11 is 0. The maximum Gasteiger partial charge on any atom is 0.387 e. The van der Waals surface area contributed by atoms with Gasteiger partial charge in [0.2, 0.25) is 5.69 Å². The lowest BCUT2D eigenvalue weighted by molar-refractivity contribution is -0.386. The summed E-state index contributed by atoms with van der Waals surface area (Å²) < 4.78 is 39.0. The van der Waals surface area contributed by atoms with E-state index in [4.69, 9.17) is 9.47 Å². The van der Waals surface area contributed by atoms with Gasteiger partial charge in [-0.05, 0) is 19.1 Å². The molecule has 1 heterocycles. The number of benzene rings is 1. The smallest absolute Gasteiger partial charge is 0.387 e. The number of amides is 1. The van der Waals surface area contributed by atoms with Gasteiger partial charge in [0.15, 0.2) is 11.5 Å². The molecule has 0 atom stereocenters. The zero-order valence-corrected chi connectivity index (χ0v) is 13.6. The molecule has 0 fully saturated rings. The number of H-pyrrole nitrogens is 1. The summed E-state index contributed by atoms with van der Waals surface area (Å²) in [6.45, 7) is -1.24. The zero-order valence-electron chi connectivity index (χ0n) is 13.6. The van der Waals surface area contributed by atoms with Crippen molar-refractivity contribution in [1.82, 2.24) is 10.2 Å². The molecule has 140 valence electrons. The Balaban J connectivity index is 2.28. The molecule has 2 aromatic rings. The molecule has 2 N–H and O–H groups in total. The van der Waals surface area contributed by atoms with Gasteiger partial charge in [-0.2, -0.15) is 8.78 Å². The number of ether oxygens (including phenoxy) is 3. The second kappa shape index (κ2) is 8.09. The van der Waals surface area contributed by atoms with Gasteiger partial charge in [-0.1, -0.05) is 0 Å². The first-order valence-electron chi connectivity index (χ1n) is 7.17. The first-order valence-corrected chi connectivity index (χ1v) is 7.17. The first kappa shape index (κ1) is 18.9. The molecule has 0 aliphatic heterocycles. The number of hydrogen-bond donors (Lipinski definition) is 2. The molecular formula is C14H14F2N4O6. The third kappa shape index (κ3) is 4.15. The third-order valence-electron chi connectivity index (χ3n) is 3.03. The van der Waals surface area contributed by atoms with Crippen molar-refractivity contribution < 1.29 is 32.7 Å². The minimum absolute atomic E-state index is 0.0257. The van der Waals surface area contributed by atoms with E-state index in [0.29, 0.717) is 0 Å². The Morgan fingerprint density at radius 2 is 2.15 bits per heavy atom. The van der Waals surface area contributed by atoms with Crippen LogP contribution in [0.5, 0.6) is 17.4 Å². The minimum Gasteiger partial charge on any atom is -0.490 e. The van der Waals surface area contributed by atoms with Gasteiger partial charge in [-0.25, -0.2) is 0 Å². The molecule has 10 nitrogen and oxygen atoms in total. The van der Waals surface area contributed by atoms with Gasteiger partial charge in [0.25, 0.3) is 5.91 Å². The molecule has 0 spiro atoms. The van der Waals surface area contributed by atoms with Gasteiger partial charge in [0.05, 0.1) is 18.6 Å². The normalized spacial score (nSPS) is 10.5. The van der Waals surface area contributed by atoms with E-state index >= 15 is 0 Å². The lowest BCUT2D eigenvalue weighted by Gasteiger charge is -2.13. The first-order chi connectivity index (χ1) is 12.4. The summed E-state index contributed by atoms with van der Waals surface area (Å²) in [4.78, 5) is 22.5. The highest BCUT2D eigenvalue weighted by Crippen LogP contribution is 2.33. The maximum absolute atomic E-state index is 12.4. The van der Waals surface area contributed by atoms with Gasteiger partial charge in [0.1, 0.15) is 0 Å². The monoisotopic (exact) mass is 372 g/mol. The number of alkyl halides is 2. The van der Waals surface area contributed by atoms with E-state index in [1.807, 2.05) is 0 Å². The minimum atomic E-state index is -3.05. The van der Waals surface area contributed by atoms with Crippen LogP contribution in [0.2, 0.25) is 0 Å². The van der Waals surface area contributed by atoms with Crippen molar-refractivity contribution in [2.75, 3.05) is 19.0 Å². The number of carbonyl (C=O) groups excluding carboxylic acids is 1. The summed E-state index contributed by atoms with van der Waals surface area (Å²) in [5.41, 5.74) is -0.923. The topological polar surface area (TPSA) is 129 Å². The molecule has 0 aliphatic carbocycles. The van der Waals surface area contributed by atoms with E-state index in [0.717, 1.165) is 0 Å². The van der Waals surface area contributed by atoms with Crippen LogP contribution in [-0.2, 0) is 0 Å². The van der Waals surface area contributed by atoms with E-state index in [1.54, 1.807) is 6.92 Å². The van der Waals surface area contributed by atoms with Crippen molar-refractivity contribution in [2.24, 2.45) is 0 Å². The summed E-state index contributed by atoms with van der Waals surface area (Å²) in [5, 5.41) is 19.2. The van der Waals surface area contributed by atoms with Gasteiger partial charge >= 0.3 is 18.2 Å². The number of anilines is 1. The summed E-state index contributed by atoms with van der Waals surface area (Å²) in [5.74, 6) is -1.47. The van der Waals surface area contributed by atoms with E-state index in [1.165, 1.54) is 25.3 Å². The molecular weight excluding hydrogens is 358 g/mol. The van der Waals surface area contributed by atoms with Crippen LogP contribution in [-0.4, -0.2) is 41.4 Å². The molecule has 0 saturated heterocycles. The quantitative estimate of drug-likeness (QED) is 0.538. The Hall–Kier alpha value is -3.44. The Morgan fingerprint density at radius 3 is 2.73 bits per heavy atom. The Labute approximate surface area is 145 Å². The fourth-order valence-electron chi connectivity index (χ4n) is 2.03. The number of halogens is 2. The molecule has 1 aromatic carbocycles. The molecule has 0 bridgehead atoms. The largest absolute Gasteiger partial charge is 0.490 e. The number of methoxy groups -OCH3 is 1. The predicted octanol–water partition coefficient (Wildman–Crippen LogP) is 2.58. The van der Waals surface area contributed by atoms with Gasteiger partial charge < -0.3 is 19.5 Å². The van der Waals surface area contributed by atoms with Gasteiger partial charge in [-0.3, -0.25) is 20.0 Å². The second-order valence-corrected chi connectivity index (χ2v) is 4.64. The highest BCUT2D eigenvalue weighted by Gasteiger charge is 2.30. The van der Waals surface area contributed by atoms with Crippen LogP contribution in [0.4, 0.5) is 20.2 Å². The SMILES string of the molecule is CCOc1cc(NC(=O)c2[nH]nc(OC)c2[N+](=O)[O-])ccc1OC(F)F. The number of nitrogens with zero attached hydrogens (tertiary/aromatic N) is 2. The summed E-state index contributed by atoms with van der Waals surface area (Å²) in [6, 6.07) is 3.70. The van der Waals surface area contributed by atoms with Crippen molar-refractivity contribution in [3.63, 3.8) is 0 Å². The van der Waals surface area contributed by atoms with E-state index in [-0.39, 0.29) is 29.7 Å². The van der Waals surface area contributed by atoms with Crippen molar-refractivity contribution in [1.29, 1.82) is 0 Å². The van der Waals surface area contributed by atoms with Gasteiger partial charge in [0, 0.05) is 11.8 Å². The Bertz CT molecular complexity index is 811. The Kier molecular flexibility index (Phi) is 5.88. The number of hydrogen-bond acceptors (Lipinski definition) is 7. The lowest BCUT2D eigenvalue weighted by atomic mass is 10.2. The van der Waals surface area contributed by atoms with Crippen LogP contribution in [0.3, 0.4) is 0 Å². The van der Waals surface area contributed by atoms with Crippen LogP contribution in [0.1, 0.15) is 17.4 Å².